The Bertz CT molecular complexity index is 1170. The number of alkyl halides is 3. The predicted molar refractivity (Wildman–Crippen MR) is 125 cm³/mol. The van der Waals surface area contributed by atoms with Gasteiger partial charge in [-0.25, -0.2) is 0 Å². The van der Waals surface area contributed by atoms with Crippen LogP contribution in [-0.2, 0) is 15.8 Å². The number of thioether (sulfide) groups is 1. The van der Waals surface area contributed by atoms with Gasteiger partial charge in [0.05, 0.1) is 24.2 Å². The van der Waals surface area contributed by atoms with Gasteiger partial charge >= 0.3 is 6.18 Å². The molecule has 1 N–H and O–H groups in total. The molecule has 2 aromatic rings. The summed E-state index contributed by atoms with van der Waals surface area (Å²) in [7, 11) is 1.49. The SMILES string of the molecule is CCOc1cc(/C=C2\SC(=O)N(CC(=O)Nc3cccc(C(F)(F)F)c3)C2=O)c(Br)cc1OC. The van der Waals surface area contributed by atoms with E-state index in [1.807, 2.05) is 0 Å². The van der Waals surface area contributed by atoms with Crippen molar-refractivity contribution in [1.29, 1.82) is 0 Å². The minimum Gasteiger partial charge on any atom is -0.493 e. The Morgan fingerprint density at radius 3 is 2.59 bits per heavy atom. The lowest BCUT2D eigenvalue weighted by Gasteiger charge is -2.14. The number of methoxy groups -OCH3 is 1. The fraction of sp³-hybridized carbons (Fsp3) is 0.227. The first-order valence-corrected chi connectivity index (χ1v) is 11.4. The highest BCUT2D eigenvalue weighted by Crippen LogP contribution is 2.38. The molecular formula is C22H18BrF3N2O5S. The average molecular weight is 559 g/mol. The number of halogens is 4. The van der Waals surface area contributed by atoms with E-state index in [1.165, 1.54) is 19.3 Å². The summed E-state index contributed by atoms with van der Waals surface area (Å²) in [5, 5.41) is 1.60. The van der Waals surface area contributed by atoms with Gasteiger partial charge in [0.1, 0.15) is 6.54 Å². The normalized spacial score (nSPS) is 15.1. The number of nitrogens with zero attached hydrogens (tertiary/aromatic N) is 1. The summed E-state index contributed by atoms with van der Waals surface area (Å²) in [6, 6.07) is 7.35. The third-order valence-electron chi connectivity index (χ3n) is 4.52. The molecule has 0 aliphatic carbocycles. The van der Waals surface area contributed by atoms with Gasteiger partial charge in [0.25, 0.3) is 11.1 Å². The van der Waals surface area contributed by atoms with Gasteiger partial charge in [-0.1, -0.05) is 22.0 Å². The quantitative estimate of drug-likeness (QED) is 0.448. The predicted octanol–water partition coefficient (Wildman–Crippen LogP) is 5.55. The van der Waals surface area contributed by atoms with Gasteiger partial charge in [-0.3, -0.25) is 19.3 Å². The Balaban J connectivity index is 1.76. The van der Waals surface area contributed by atoms with Crippen LogP contribution >= 0.6 is 27.7 Å². The Morgan fingerprint density at radius 2 is 1.94 bits per heavy atom. The van der Waals surface area contributed by atoms with Crippen LogP contribution in [0.3, 0.4) is 0 Å². The Labute approximate surface area is 205 Å². The first-order chi connectivity index (χ1) is 16.0. The van der Waals surface area contributed by atoms with Crippen LogP contribution in [0.1, 0.15) is 18.1 Å². The third kappa shape index (κ3) is 5.92. The summed E-state index contributed by atoms with van der Waals surface area (Å²) in [6.45, 7) is 1.54. The van der Waals surface area contributed by atoms with Crippen LogP contribution in [-0.4, -0.2) is 42.2 Å². The van der Waals surface area contributed by atoms with Crippen molar-refractivity contribution >= 4 is 56.5 Å². The molecule has 1 aliphatic heterocycles. The molecule has 1 heterocycles. The van der Waals surface area contributed by atoms with Crippen LogP contribution in [0.2, 0.25) is 0 Å². The second kappa shape index (κ2) is 10.5. The van der Waals surface area contributed by atoms with E-state index in [9.17, 15) is 27.6 Å². The zero-order chi connectivity index (χ0) is 25.0. The van der Waals surface area contributed by atoms with Crippen molar-refractivity contribution in [3.8, 4) is 11.5 Å². The third-order valence-corrected chi connectivity index (χ3v) is 6.11. The van der Waals surface area contributed by atoms with Crippen LogP contribution in [0.5, 0.6) is 11.5 Å². The highest BCUT2D eigenvalue weighted by molar-refractivity contribution is 9.10. The number of nitrogens with one attached hydrogen (secondary N) is 1. The number of ether oxygens (including phenoxy) is 2. The van der Waals surface area contributed by atoms with Crippen molar-refractivity contribution in [3.05, 3.63) is 56.9 Å². The van der Waals surface area contributed by atoms with Gasteiger partial charge in [-0.05, 0) is 60.7 Å². The highest BCUT2D eigenvalue weighted by atomic mass is 79.9. The first kappa shape index (κ1) is 25.6. The summed E-state index contributed by atoms with van der Waals surface area (Å²) in [4.78, 5) is 38.2. The van der Waals surface area contributed by atoms with Crippen molar-refractivity contribution in [2.75, 3.05) is 25.6 Å². The van der Waals surface area contributed by atoms with Gasteiger partial charge in [-0.15, -0.1) is 0 Å². The Hall–Kier alpha value is -2.99. The number of hydrogen-bond acceptors (Lipinski definition) is 6. The molecule has 0 atom stereocenters. The maximum atomic E-state index is 12.9. The largest absolute Gasteiger partial charge is 0.493 e. The minimum absolute atomic E-state index is 0.0742. The number of anilines is 1. The zero-order valence-electron chi connectivity index (χ0n) is 17.9. The molecule has 0 saturated carbocycles. The van der Waals surface area contributed by atoms with Crippen LogP contribution in [0.25, 0.3) is 6.08 Å². The average Bonchev–Trinajstić information content (AvgIpc) is 3.02. The number of amides is 3. The number of benzene rings is 2. The van der Waals surface area contributed by atoms with Gasteiger partial charge in [0, 0.05) is 10.2 Å². The monoisotopic (exact) mass is 558 g/mol. The van der Waals surface area contributed by atoms with Gasteiger partial charge in [0.2, 0.25) is 5.91 Å². The molecule has 1 fully saturated rings. The van der Waals surface area contributed by atoms with Crippen molar-refractivity contribution in [3.63, 3.8) is 0 Å². The van der Waals surface area contributed by atoms with E-state index in [2.05, 4.69) is 21.2 Å². The van der Waals surface area contributed by atoms with Crippen LogP contribution < -0.4 is 14.8 Å². The summed E-state index contributed by atoms with van der Waals surface area (Å²) in [6.07, 6.45) is -3.10. The molecule has 1 saturated heterocycles. The summed E-state index contributed by atoms with van der Waals surface area (Å²) >= 11 is 4.03. The first-order valence-electron chi connectivity index (χ1n) is 9.76. The van der Waals surface area contributed by atoms with Gasteiger partial charge in [-0.2, -0.15) is 13.2 Å². The van der Waals surface area contributed by atoms with E-state index in [1.54, 1.807) is 19.1 Å². The number of imide groups is 1. The number of hydrogen-bond donors (Lipinski definition) is 1. The Kier molecular flexibility index (Phi) is 7.93. The molecule has 0 aromatic heterocycles. The number of carbonyl (C=O) groups is 3. The molecule has 12 heteroatoms. The maximum absolute atomic E-state index is 12.9. The lowest BCUT2D eigenvalue weighted by molar-refractivity contribution is -0.137. The zero-order valence-corrected chi connectivity index (χ0v) is 20.3. The van der Waals surface area contributed by atoms with Crippen molar-refractivity contribution in [1.82, 2.24) is 4.90 Å². The van der Waals surface area contributed by atoms with Crippen LogP contribution in [0.4, 0.5) is 23.7 Å². The van der Waals surface area contributed by atoms with Crippen LogP contribution in [0.15, 0.2) is 45.8 Å². The lowest BCUT2D eigenvalue weighted by Crippen LogP contribution is -2.36. The van der Waals surface area contributed by atoms with Crippen molar-refractivity contribution in [2.45, 2.75) is 13.1 Å². The number of rotatable bonds is 7. The highest BCUT2D eigenvalue weighted by Gasteiger charge is 2.36. The van der Waals surface area contributed by atoms with Crippen molar-refractivity contribution < 1.29 is 37.0 Å². The van der Waals surface area contributed by atoms with E-state index < -0.39 is 35.3 Å². The van der Waals surface area contributed by atoms with E-state index in [4.69, 9.17) is 9.47 Å². The molecule has 3 amide bonds. The van der Waals surface area contributed by atoms with E-state index in [0.29, 0.717) is 39.9 Å². The van der Waals surface area contributed by atoms with Crippen molar-refractivity contribution in [2.24, 2.45) is 0 Å². The smallest absolute Gasteiger partial charge is 0.416 e. The maximum Gasteiger partial charge on any atom is 0.416 e. The van der Waals surface area contributed by atoms with E-state index >= 15 is 0 Å². The molecule has 3 rings (SSSR count). The van der Waals surface area contributed by atoms with Gasteiger partial charge < -0.3 is 14.8 Å². The molecule has 0 spiro atoms. The van der Waals surface area contributed by atoms with Crippen LogP contribution in [0, 0.1) is 0 Å². The number of carbonyl (C=O) groups excluding carboxylic acids is 3. The molecular weight excluding hydrogens is 541 g/mol. The molecule has 0 bridgehead atoms. The second-order valence-corrected chi connectivity index (χ2v) is 8.70. The second-order valence-electron chi connectivity index (χ2n) is 6.85. The summed E-state index contributed by atoms with van der Waals surface area (Å²) in [5.74, 6) is -0.591. The van der Waals surface area contributed by atoms with E-state index in [0.717, 1.165) is 23.1 Å². The fourth-order valence-electron chi connectivity index (χ4n) is 2.98. The molecule has 0 unspecified atom stereocenters. The molecule has 2 aromatic carbocycles. The minimum atomic E-state index is -4.57. The van der Waals surface area contributed by atoms with E-state index in [-0.39, 0.29) is 10.6 Å². The molecule has 0 radical (unpaired) electrons. The molecule has 34 heavy (non-hydrogen) atoms. The molecule has 1 aliphatic rings. The summed E-state index contributed by atoms with van der Waals surface area (Å²) < 4.78 is 49.9. The fourth-order valence-corrected chi connectivity index (χ4v) is 4.25. The summed E-state index contributed by atoms with van der Waals surface area (Å²) in [5.41, 5.74) is -0.494. The lowest BCUT2D eigenvalue weighted by atomic mass is 10.2. The topological polar surface area (TPSA) is 84.9 Å². The molecule has 180 valence electrons. The Morgan fingerprint density at radius 1 is 1.21 bits per heavy atom. The van der Waals surface area contributed by atoms with Gasteiger partial charge in [0.15, 0.2) is 11.5 Å². The standard InChI is InChI=1S/C22H18BrF3N2O5S/c1-3-33-17-7-12(15(23)10-16(17)32-2)8-18-20(30)28(21(31)34-18)11-19(29)27-14-6-4-5-13(9-14)22(24,25)26/h4-10H,3,11H2,1-2H3,(H,27,29)/b18-8-. The molecule has 7 nitrogen and oxygen atoms in total.